The van der Waals surface area contributed by atoms with E-state index in [1.54, 1.807) is 0 Å². The molecule has 1 rings (SSSR count). The molecule has 1 N–H and O–H groups in total. The summed E-state index contributed by atoms with van der Waals surface area (Å²) in [6.07, 6.45) is 2.53. The molecule has 0 heterocycles. The van der Waals surface area contributed by atoms with Crippen molar-refractivity contribution in [1.29, 1.82) is 0 Å². The van der Waals surface area contributed by atoms with Crippen molar-refractivity contribution >= 4 is 5.69 Å². The molecule has 0 aliphatic rings. The number of nitrogens with zero attached hydrogens (tertiary/aromatic N) is 1. The molecule has 0 saturated heterocycles. The first kappa shape index (κ1) is 17.0. The third-order valence-corrected chi connectivity index (χ3v) is 4.05. The molecule has 0 saturated carbocycles. The van der Waals surface area contributed by atoms with Crippen molar-refractivity contribution < 1.29 is 0 Å². The summed E-state index contributed by atoms with van der Waals surface area (Å²) < 4.78 is 0. The lowest BCUT2D eigenvalue weighted by molar-refractivity contribution is 0.485. The first-order valence-electron chi connectivity index (χ1n) is 8.18. The van der Waals surface area contributed by atoms with Crippen LogP contribution >= 0.6 is 0 Å². The van der Waals surface area contributed by atoms with E-state index in [1.807, 2.05) is 0 Å². The summed E-state index contributed by atoms with van der Waals surface area (Å²) >= 11 is 0. The van der Waals surface area contributed by atoms with Crippen LogP contribution in [0.4, 0.5) is 5.69 Å². The van der Waals surface area contributed by atoms with Gasteiger partial charge >= 0.3 is 0 Å². The second-order valence-corrected chi connectivity index (χ2v) is 5.89. The minimum absolute atomic E-state index is 0.525. The normalized spacial score (nSPS) is 11.3. The van der Waals surface area contributed by atoms with Crippen LogP contribution in [0.3, 0.4) is 0 Å². The first-order valence-corrected chi connectivity index (χ1v) is 8.18. The van der Waals surface area contributed by atoms with Crippen LogP contribution in [0.25, 0.3) is 0 Å². The monoisotopic (exact) mass is 276 g/mol. The fraction of sp³-hybridized carbons (Fsp3) is 0.667. The van der Waals surface area contributed by atoms with E-state index in [9.17, 15) is 0 Å². The fourth-order valence-corrected chi connectivity index (χ4v) is 2.54. The summed E-state index contributed by atoms with van der Waals surface area (Å²) in [5.74, 6) is 0.793. The van der Waals surface area contributed by atoms with Gasteiger partial charge in [0, 0.05) is 31.4 Å². The molecular formula is C18H32N2. The summed E-state index contributed by atoms with van der Waals surface area (Å²) in [6.45, 7) is 14.5. The van der Waals surface area contributed by atoms with Gasteiger partial charge < -0.3 is 10.2 Å². The summed E-state index contributed by atoms with van der Waals surface area (Å²) in [7, 11) is 0. The molecule has 0 aliphatic carbocycles. The third-order valence-electron chi connectivity index (χ3n) is 4.05. The Bertz CT molecular complexity index is 369. The zero-order chi connectivity index (χ0) is 15.0. The van der Waals surface area contributed by atoms with Crippen LogP contribution in [0.1, 0.15) is 53.0 Å². The smallest absolute Gasteiger partial charge is 0.0411 e. The van der Waals surface area contributed by atoms with E-state index in [0.717, 1.165) is 19.0 Å². The van der Waals surface area contributed by atoms with Crippen LogP contribution in [0.2, 0.25) is 0 Å². The van der Waals surface area contributed by atoms with Gasteiger partial charge in [-0.15, -0.1) is 0 Å². The van der Waals surface area contributed by atoms with Gasteiger partial charge in [-0.2, -0.15) is 0 Å². The maximum absolute atomic E-state index is 3.54. The summed E-state index contributed by atoms with van der Waals surface area (Å²) in [4.78, 5) is 2.54. The number of rotatable bonds is 9. The van der Waals surface area contributed by atoms with Crippen LogP contribution in [0, 0.1) is 5.92 Å². The van der Waals surface area contributed by atoms with E-state index in [1.165, 1.54) is 30.6 Å². The van der Waals surface area contributed by atoms with Crippen molar-refractivity contribution in [2.75, 3.05) is 18.0 Å². The summed E-state index contributed by atoms with van der Waals surface area (Å²) in [6, 6.07) is 9.34. The quantitative estimate of drug-likeness (QED) is 0.717. The highest BCUT2D eigenvalue weighted by Crippen LogP contribution is 2.23. The van der Waals surface area contributed by atoms with Crippen LogP contribution < -0.4 is 10.2 Å². The number of para-hydroxylation sites is 1. The Hall–Kier alpha value is -1.02. The first-order chi connectivity index (χ1) is 9.62. The molecule has 0 aliphatic heterocycles. The van der Waals surface area contributed by atoms with Gasteiger partial charge in [-0.25, -0.2) is 0 Å². The average Bonchev–Trinajstić information content (AvgIpc) is 2.47. The Morgan fingerprint density at radius 3 is 2.25 bits per heavy atom. The van der Waals surface area contributed by atoms with E-state index in [0.29, 0.717) is 6.04 Å². The highest BCUT2D eigenvalue weighted by Gasteiger charge is 2.13. The highest BCUT2D eigenvalue weighted by molar-refractivity contribution is 5.53. The molecule has 1 aromatic rings. The van der Waals surface area contributed by atoms with Crippen LogP contribution in [0.5, 0.6) is 0 Å². The van der Waals surface area contributed by atoms with Crippen LogP contribution in [-0.4, -0.2) is 19.1 Å². The summed E-state index contributed by atoms with van der Waals surface area (Å²) in [5.41, 5.74) is 2.81. The van der Waals surface area contributed by atoms with E-state index < -0.39 is 0 Å². The average molecular weight is 276 g/mol. The maximum Gasteiger partial charge on any atom is 0.0411 e. The topological polar surface area (TPSA) is 15.3 Å². The summed E-state index contributed by atoms with van der Waals surface area (Å²) in [5, 5.41) is 3.54. The predicted molar refractivity (Wildman–Crippen MR) is 90.4 cm³/mol. The number of nitrogens with one attached hydrogen (secondary N) is 1. The number of benzene rings is 1. The molecule has 2 nitrogen and oxygen atoms in total. The molecule has 0 radical (unpaired) electrons. The van der Waals surface area contributed by atoms with E-state index in [-0.39, 0.29) is 0 Å². The highest BCUT2D eigenvalue weighted by atomic mass is 15.1. The Balaban J connectivity index is 2.85. The molecule has 0 aromatic heterocycles. The lowest BCUT2D eigenvalue weighted by Crippen LogP contribution is -2.31. The standard InChI is InChI=1S/C18H32N2/c1-6-16(7-2)14-20(8-3)18-12-10-9-11-17(18)13-19-15(4)5/h9-12,15-16,19H,6-8,13-14H2,1-5H3. The van der Waals surface area contributed by atoms with Crippen LogP contribution in [0.15, 0.2) is 24.3 Å². The molecule has 0 atom stereocenters. The Labute approximate surface area is 125 Å². The van der Waals surface area contributed by atoms with Crippen molar-refractivity contribution in [2.24, 2.45) is 5.92 Å². The van der Waals surface area contributed by atoms with Crippen molar-refractivity contribution in [3.63, 3.8) is 0 Å². The van der Waals surface area contributed by atoms with Gasteiger partial charge in [0.1, 0.15) is 0 Å². The largest absolute Gasteiger partial charge is 0.371 e. The van der Waals surface area contributed by atoms with Gasteiger partial charge in [0.15, 0.2) is 0 Å². The molecule has 20 heavy (non-hydrogen) atoms. The van der Waals surface area contributed by atoms with Gasteiger partial charge in [0.2, 0.25) is 0 Å². The van der Waals surface area contributed by atoms with Gasteiger partial charge in [0.25, 0.3) is 0 Å². The third kappa shape index (κ3) is 5.16. The predicted octanol–water partition coefficient (Wildman–Crippen LogP) is 4.45. The molecule has 0 unspecified atom stereocenters. The lowest BCUT2D eigenvalue weighted by Gasteiger charge is -2.29. The van der Waals surface area contributed by atoms with Crippen molar-refractivity contribution in [3.8, 4) is 0 Å². The molecule has 2 heteroatoms. The Morgan fingerprint density at radius 1 is 1.05 bits per heavy atom. The zero-order valence-corrected chi connectivity index (χ0v) is 13.9. The van der Waals surface area contributed by atoms with Crippen LogP contribution in [-0.2, 0) is 6.54 Å². The minimum Gasteiger partial charge on any atom is -0.371 e. The van der Waals surface area contributed by atoms with Crippen molar-refractivity contribution in [3.05, 3.63) is 29.8 Å². The van der Waals surface area contributed by atoms with Gasteiger partial charge in [0.05, 0.1) is 0 Å². The Kier molecular flexibility index (Phi) is 7.68. The van der Waals surface area contributed by atoms with E-state index in [2.05, 4.69) is 69.1 Å². The molecule has 0 amide bonds. The van der Waals surface area contributed by atoms with E-state index in [4.69, 9.17) is 0 Å². The van der Waals surface area contributed by atoms with Gasteiger partial charge in [-0.05, 0) is 24.5 Å². The number of anilines is 1. The molecule has 0 fully saturated rings. The fourth-order valence-electron chi connectivity index (χ4n) is 2.54. The number of hydrogen-bond donors (Lipinski definition) is 1. The maximum atomic E-state index is 3.54. The van der Waals surface area contributed by atoms with Crippen molar-refractivity contribution in [1.82, 2.24) is 5.32 Å². The van der Waals surface area contributed by atoms with Gasteiger partial charge in [-0.3, -0.25) is 0 Å². The van der Waals surface area contributed by atoms with Crippen molar-refractivity contribution in [2.45, 2.75) is 60.0 Å². The SMILES string of the molecule is CCC(CC)CN(CC)c1ccccc1CNC(C)C. The molecule has 1 aromatic carbocycles. The molecule has 0 bridgehead atoms. The van der Waals surface area contributed by atoms with Gasteiger partial charge in [-0.1, -0.05) is 58.7 Å². The zero-order valence-electron chi connectivity index (χ0n) is 13.9. The second kappa shape index (κ2) is 9.02. The lowest BCUT2D eigenvalue weighted by atomic mass is 10.0. The number of hydrogen-bond acceptors (Lipinski definition) is 2. The Morgan fingerprint density at radius 2 is 1.70 bits per heavy atom. The van der Waals surface area contributed by atoms with E-state index >= 15 is 0 Å². The minimum atomic E-state index is 0.525. The molecule has 0 spiro atoms. The molecular weight excluding hydrogens is 244 g/mol. The second-order valence-electron chi connectivity index (χ2n) is 5.89. The molecule has 114 valence electrons.